The average Bonchev–Trinajstić information content (AvgIpc) is 2.71. The Hall–Kier alpha value is -1.10. The van der Waals surface area contributed by atoms with Crippen molar-refractivity contribution in [2.75, 3.05) is 6.54 Å². The summed E-state index contributed by atoms with van der Waals surface area (Å²) in [6, 6.07) is -0.450. The molecule has 2 amide bonds. The molecule has 0 saturated carbocycles. The first-order valence-corrected chi connectivity index (χ1v) is 8.82. The van der Waals surface area contributed by atoms with Crippen LogP contribution < -0.4 is 10.6 Å². The summed E-state index contributed by atoms with van der Waals surface area (Å²) in [5, 5.41) is 15.7. The van der Waals surface area contributed by atoms with Gasteiger partial charge in [0.1, 0.15) is 6.04 Å². The van der Waals surface area contributed by atoms with Gasteiger partial charge in [0.25, 0.3) is 0 Å². The van der Waals surface area contributed by atoms with Crippen molar-refractivity contribution in [3.8, 4) is 0 Å². The van der Waals surface area contributed by atoms with Crippen molar-refractivity contribution in [1.29, 1.82) is 0 Å². The summed E-state index contributed by atoms with van der Waals surface area (Å²) in [6.07, 6.45) is 8.24. The molecule has 3 N–H and O–H groups in total. The molecule has 0 aliphatic carbocycles. The molecule has 22 heavy (non-hydrogen) atoms. The van der Waals surface area contributed by atoms with Gasteiger partial charge in [-0.2, -0.15) is 0 Å². The van der Waals surface area contributed by atoms with E-state index in [0.29, 0.717) is 19.4 Å². The Kier molecular flexibility index (Phi) is 9.13. The molecular formula is C17H32N2O3. The van der Waals surface area contributed by atoms with Crippen LogP contribution in [-0.4, -0.2) is 35.6 Å². The minimum Gasteiger partial charge on any atom is -0.392 e. The summed E-state index contributed by atoms with van der Waals surface area (Å²) < 4.78 is 0. The smallest absolute Gasteiger partial charge is 0.242 e. The zero-order valence-corrected chi connectivity index (χ0v) is 14.1. The first-order chi connectivity index (χ1) is 10.6. The largest absolute Gasteiger partial charge is 0.392 e. The second-order valence-corrected chi connectivity index (χ2v) is 6.41. The van der Waals surface area contributed by atoms with Gasteiger partial charge in [0.15, 0.2) is 0 Å². The Morgan fingerprint density at radius 3 is 2.77 bits per heavy atom. The molecule has 5 heteroatoms. The van der Waals surface area contributed by atoms with Crippen molar-refractivity contribution in [2.24, 2.45) is 5.92 Å². The number of aliphatic hydroxyl groups excluding tert-OH is 1. The minimum absolute atomic E-state index is 0.105. The molecule has 1 fully saturated rings. The van der Waals surface area contributed by atoms with E-state index < -0.39 is 18.1 Å². The second kappa shape index (κ2) is 10.6. The fourth-order valence-electron chi connectivity index (χ4n) is 2.76. The molecule has 0 aromatic carbocycles. The summed E-state index contributed by atoms with van der Waals surface area (Å²) in [4.78, 5) is 24.0. The number of unbranched alkanes of at least 4 members (excludes halogenated alkanes) is 4. The van der Waals surface area contributed by atoms with E-state index in [4.69, 9.17) is 0 Å². The van der Waals surface area contributed by atoms with E-state index in [-0.39, 0.29) is 11.8 Å². The fourth-order valence-corrected chi connectivity index (χ4v) is 2.76. The summed E-state index contributed by atoms with van der Waals surface area (Å²) in [7, 11) is 0. The van der Waals surface area contributed by atoms with Crippen LogP contribution in [0.2, 0.25) is 0 Å². The van der Waals surface area contributed by atoms with Gasteiger partial charge in [0, 0.05) is 6.54 Å². The van der Waals surface area contributed by atoms with Crippen LogP contribution in [0.3, 0.4) is 0 Å². The van der Waals surface area contributed by atoms with Gasteiger partial charge in [-0.25, -0.2) is 0 Å². The first-order valence-electron chi connectivity index (χ1n) is 8.82. The van der Waals surface area contributed by atoms with E-state index in [0.717, 1.165) is 25.7 Å². The lowest BCUT2D eigenvalue weighted by atomic mass is 9.97. The van der Waals surface area contributed by atoms with Crippen LogP contribution in [0.1, 0.15) is 71.6 Å². The van der Waals surface area contributed by atoms with Crippen molar-refractivity contribution < 1.29 is 14.7 Å². The van der Waals surface area contributed by atoms with Gasteiger partial charge in [0.2, 0.25) is 11.8 Å². The average molecular weight is 312 g/mol. The van der Waals surface area contributed by atoms with Crippen molar-refractivity contribution in [3.05, 3.63) is 0 Å². The van der Waals surface area contributed by atoms with Crippen LogP contribution in [0.5, 0.6) is 0 Å². The molecule has 0 radical (unpaired) electrons. The Balaban J connectivity index is 2.31. The third-order valence-electron chi connectivity index (χ3n) is 4.45. The summed E-state index contributed by atoms with van der Waals surface area (Å²) in [5.74, 6) is -0.794. The van der Waals surface area contributed by atoms with Gasteiger partial charge in [-0.15, -0.1) is 0 Å². The molecule has 0 aromatic rings. The number of hydrogen-bond acceptors (Lipinski definition) is 3. The Bertz CT molecular complexity index is 347. The van der Waals surface area contributed by atoms with E-state index in [9.17, 15) is 14.7 Å². The van der Waals surface area contributed by atoms with Crippen molar-refractivity contribution in [2.45, 2.75) is 83.8 Å². The van der Waals surface area contributed by atoms with Crippen molar-refractivity contribution in [3.63, 3.8) is 0 Å². The quantitative estimate of drug-likeness (QED) is 0.571. The normalized spacial score (nSPS) is 21.6. The van der Waals surface area contributed by atoms with Gasteiger partial charge in [-0.05, 0) is 25.7 Å². The lowest BCUT2D eigenvalue weighted by Crippen LogP contribution is -2.48. The first kappa shape index (κ1) is 18.9. The van der Waals surface area contributed by atoms with Crippen LogP contribution >= 0.6 is 0 Å². The lowest BCUT2D eigenvalue weighted by molar-refractivity contribution is -0.133. The molecule has 1 heterocycles. The molecule has 0 unspecified atom stereocenters. The zero-order chi connectivity index (χ0) is 16.4. The molecule has 0 aromatic heterocycles. The Morgan fingerprint density at radius 2 is 2.05 bits per heavy atom. The SMILES string of the molecule is CCCCCCC[C@H](O)[C@@H](C)C(=O)N[C@H]1CCCCNC1=O. The molecule has 1 aliphatic rings. The number of carbonyl (C=O) groups excluding carboxylic acids is 2. The van der Waals surface area contributed by atoms with Crippen LogP contribution in [0.4, 0.5) is 0 Å². The van der Waals surface area contributed by atoms with Crippen LogP contribution in [-0.2, 0) is 9.59 Å². The molecule has 5 nitrogen and oxygen atoms in total. The maximum atomic E-state index is 12.2. The van der Waals surface area contributed by atoms with Gasteiger partial charge >= 0.3 is 0 Å². The number of amides is 2. The number of hydrogen-bond donors (Lipinski definition) is 3. The summed E-state index contributed by atoms with van der Waals surface area (Å²) in [6.45, 7) is 4.59. The second-order valence-electron chi connectivity index (χ2n) is 6.41. The molecule has 1 rings (SSSR count). The summed E-state index contributed by atoms with van der Waals surface area (Å²) in [5.41, 5.74) is 0. The zero-order valence-electron chi connectivity index (χ0n) is 14.1. The highest BCUT2D eigenvalue weighted by molar-refractivity contribution is 5.88. The van der Waals surface area contributed by atoms with Gasteiger partial charge in [0.05, 0.1) is 12.0 Å². The monoisotopic (exact) mass is 312 g/mol. The third kappa shape index (κ3) is 6.77. The van der Waals surface area contributed by atoms with Crippen LogP contribution in [0, 0.1) is 5.92 Å². The number of aliphatic hydroxyl groups is 1. The van der Waals surface area contributed by atoms with Gasteiger partial charge in [-0.1, -0.05) is 46.0 Å². The summed E-state index contributed by atoms with van der Waals surface area (Å²) >= 11 is 0. The van der Waals surface area contributed by atoms with E-state index in [1.54, 1.807) is 6.92 Å². The topological polar surface area (TPSA) is 78.4 Å². The minimum atomic E-state index is -0.629. The maximum Gasteiger partial charge on any atom is 0.242 e. The number of nitrogens with one attached hydrogen (secondary N) is 2. The molecule has 1 aliphatic heterocycles. The molecule has 1 saturated heterocycles. The molecule has 0 bridgehead atoms. The van der Waals surface area contributed by atoms with E-state index in [1.807, 2.05) is 0 Å². The van der Waals surface area contributed by atoms with E-state index in [2.05, 4.69) is 17.6 Å². The predicted molar refractivity (Wildman–Crippen MR) is 87.3 cm³/mol. The van der Waals surface area contributed by atoms with Crippen LogP contribution in [0.25, 0.3) is 0 Å². The molecule has 3 atom stereocenters. The van der Waals surface area contributed by atoms with Gasteiger partial charge in [-0.3, -0.25) is 9.59 Å². The lowest BCUT2D eigenvalue weighted by Gasteiger charge is -2.22. The predicted octanol–water partition coefficient (Wildman–Crippen LogP) is 2.13. The van der Waals surface area contributed by atoms with Gasteiger partial charge < -0.3 is 15.7 Å². The standard InChI is InChI=1S/C17H32N2O3/c1-3-4-5-6-7-11-15(20)13(2)16(21)19-14-10-8-9-12-18-17(14)22/h13-15,20H,3-12H2,1-2H3,(H,18,22)(H,19,21)/t13-,14+,15+/m1/s1. The molecule has 128 valence electrons. The Morgan fingerprint density at radius 1 is 1.32 bits per heavy atom. The van der Waals surface area contributed by atoms with Crippen molar-refractivity contribution in [1.82, 2.24) is 10.6 Å². The van der Waals surface area contributed by atoms with E-state index in [1.165, 1.54) is 19.3 Å². The fraction of sp³-hybridized carbons (Fsp3) is 0.882. The maximum absolute atomic E-state index is 12.2. The Labute approximate surface area is 134 Å². The highest BCUT2D eigenvalue weighted by Gasteiger charge is 2.27. The highest BCUT2D eigenvalue weighted by Crippen LogP contribution is 2.14. The number of rotatable bonds is 9. The van der Waals surface area contributed by atoms with Crippen molar-refractivity contribution >= 4 is 11.8 Å². The van der Waals surface area contributed by atoms with E-state index >= 15 is 0 Å². The molecule has 0 spiro atoms. The number of carbonyl (C=O) groups is 2. The highest BCUT2D eigenvalue weighted by atomic mass is 16.3. The molecular weight excluding hydrogens is 280 g/mol. The third-order valence-corrected chi connectivity index (χ3v) is 4.45. The van der Waals surface area contributed by atoms with Crippen LogP contribution in [0.15, 0.2) is 0 Å².